The van der Waals surface area contributed by atoms with Crippen LogP contribution in [-0.4, -0.2) is 27.9 Å². The van der Waals surface area contributed by atoms with Gasteiger partial charge in [0.15, 0.2) is 0 Å². The van der Waals surface area contributed by atoms with E-state index in [1.54, 1.807) is 17.0 Å². The molecule has 1 heterocycles. The zero-order valence-corrected chi connectivity index (χ0v) is 11.5. The van der Waals surface area contributed by atoms with Crippen LogP contribution in [0.15, 0.2) is 42.6 Å². The molecule has 0 fully saturated rings. The van der Waals surface area contributed by atoms with Gasteiger partial charge in [0.1, 0.15) is 12.0 Å². The number of pyridine rings is 1. The molecule has 0 saturated heterocycles. The van der Waals surface area contributed by atoms with Gasteiger partial charge in [-0.1, -0.05) is 0 Å². The van der Waals surface area contributed by atoms with Crippen LogP contribution in [0, 0.1) is 20.2 Å². The normalized spacial score (nSPS) is 10.2. The average Bonchev–Trinajstić information content (AvgIpc) is 2.53. The van der Waals surface area contributed by atoms with Crippen molar-refractivity contribution in [3.63, 3.8) is 0 Å². The van der Waals surface area contributed by atoms with E-state index in [4.69, 9.17) is 5.73 Å². The van der Waals surface area contributed by atoms with Crippen LogP contribution in [0.2, 0.25) is 0 Å². The van der Waals surface area contributed by atoms with Crippen molar-refractivity contribution in [2.75, 3.05) is 18.0 Å². The van der Waals surface area contributed by atoms with Gasteiger partial charge in [0.25, 0.3) is 11.4 Å². The van der Waals surface area contributed by atoms with Gasteiger partial charge >= 0.3 is 0 Å². The van der Waals surface area contributed by atoms with Crippen LogP contribution in [0.4, 0.5) is 22.9 Å². The zero-order valence-electron chi connectivity index (χ0n) is 11.5. The highest BCUT2D eigenvalue weighted by atomic mass is 16.6. The van der Waals surface area contributed by atoms with Crippen LogP contribution in [0.1, 0.15) is 0 Å². The van der Waals surface area contributed by atoms with E-state index in [9.17, 15) is 20.2 Å². The molecule has 9 nitrogen and oxygen atoms in total. The topological polar surface area (TPSA) is 128 Å². The summed E-state index contributed by atoms with van der Waals surface area (Å²) >= 11 is 0. The van der Waals surface area contributed by atoms with Crippen molar-refractivity contribution in [2.24, 2.45) is 5.73 Å². The first-order chi connectivity index (χ1) is 10.5. The van der Waals surface area contributed by atoms with Crippen LogP contribution in [0.5, 0.6) is 0 Å². The van der Waals surface area contributed by atoms with E-state index in [0.29, 0.717) is 24.6 Å². The number of nitro benzene ring substituents is 1. The summed E-state index contributed by atoms with van der Waals surface area (Å²) in [6, 6.07) is 8.77. The fourth-order valence-electron chi connectivity index (χ4n) is 1.91. The highest BCUT2D eigenvalue weighted by molar-refractivity contribution is 5.62. The number of non-ortho nitro benzene ring substituents is 1. The minimum absolute atomic E-state index is 0.0203. The van der Waals surface area contributed by atoms with Crippen molar-refractivity contribution in [1.82, 2.24) is 4.98 Å². The number of nitrogens with two attached hydrogens (primary N) is 1. The second-order valence-corrected chi connectivity index (χ2v) is 4.35. The second kappa shape index (κ2) is 6.59. The average molecular weight is 303 g/mol. The van der Waals surface area contributed by atoms with E-state index < -0.39 is 9.85 Å². The van der Waals surface area contributed by atoms with Gasteiger partial charge in [0, 0.05) is 37.0 Å². The van der Waals surface area contributed by atoms with Gasteiger partial charge in [0.05, 0.1) is 9.85 Å². The van der Waals surface area contributed by atoms with Crippen molar-refractivity contribution in [2.45, 2.75) is 0 Å². The summed E-state index contributed by atoms with van der Waals surface area (Å²) in [5, 5.41) is 21.3. The number of nitro groups is 2. The molecule has 22 heavy (non-hydrogen) atoms. The molecule has 0 bridgehead atoms. The molecule has 0 radical (unpaired) electrons. The van der Waals surface area contributed by atoms with Gasteiger partial charge < -0.3 is 10.6 Å². The molecule has 114 valence electrons. The molecule has 2 N–H and O–H groups in total. The Labute approximate surface area is 125 Å². The summed E-state index contributed by atoms with van der Waals surface area (Å²) in [5.41, 5.74) is 6.11. The minimum Gasteiger partial charge on any atom is -0.329 e. The van der Waals surface area contributed by atoms with Crippen molar-refractivity contribution >= 4 is 22.9 Å². The molecule has 0 aliphatic carbocycles. The Kier molecular flexibility index (Phi) is 4.59. The minimum atomic E-state index is -0.532. The number of rotatable bonds is 6. The van der Waals surface area contributed by atoms with Gasteiger partial charge in [-0.2, -0.15) is 0 Å². The zero-order chi connectivity index (χ0) is 16.1. The SMILES string of the molecule is NCCN(c1ccc([N+](=O)[O-])cc1)c1ccc([N+](=O)[O-])cn1. The standard InChI is InChI=1S/C13H13N5O4/c14-7-8-16(10-1-3-11(4-2-10)17(19)20)13-6-5-12(9-15-13)18(21)22/h1-6,9H,7-8,14H2. The number of aromatic nitrogens is 1. The Morgan fingerprint density at radius 3 is 2.05 bits per heavy atom. The van der Waals surface area contributed by atoms with Gasteiger partial charge in [-0.3, -0.25) is 20.2 Å². The summed E-state index contributed by atoms with van der Waals surface area (Å²) in [5.74, 6) is 0.477. The third-order valence-corrected chi connectivity index (χ3v) is 2.94. The molecule has 1 aromatic carbocycles. The van der Waals surface area contributed by atoms with Crippen LogP contribution in [-0.2, 0) is 0 Å². The molecule has 2 aromatic rings. The maximum atomic E-state index is 10.7. The van der Waals surface area contributed by atoms with E-state index in [1.807, 2.05) is 0 Å². The van der Waals surface area contributed by atoms with Gasteiger partial charge in [0.2, 0.25) is 0 Å². The maximum Gasteiger partial charge on any atom is 0.287 e. The number of hydrogen-bond acceptors (Lipinski definition) is 7. The molecule has 9 heteroatoms. The highest BCUT2D eigenvalue weighted by Gasteiger charge is 2.14. The quantitative estimate of drug-likeness (QED) is 0.638. The van der Waals surface area contributed by atoms with Crippen LogP contribution in [0.3, 0.4) is 0 Å². The fraction of sp³-hybridized carbons (Fsp3) is 0.154. The lowest BCUT2D eigenvalue weighted by atomic mass is 10.2. The molecule has 0 saturated carbocycles. The lowest BCUT2D eigenvalue weighted by molar-refractivity contribution is -0.385. The molecule has 0 amide bonds. The lowest BCUT2D eigenvalue weighted by Gasteiger charge is -2.22. The van der Waals surface area contributed by atoms with E-state index in [2.05, 4.69) is 4.98 Å². The van der Waals surface area contributed by atoms with Crippen molar-refractivity contribution in [3.8, 4) is 0 Å². The smallest absolute Gasteiger partial charge is 0.287 e. The highest BCUT2D eigenvalue weighted by Crippen LogP contribution is 2.26. The molecule has 0 aliphatic rings. The summed E-state index contributed by atoms with van der Waals surface area (Å²) in [6.45, 7) is 0.748. The third kappa shape index (κ3) is 3.33. The Morgan fingerprint density at radius 2 is 1.59 bits per heavy atom. The molecule has 0 unspecified atom stereocenters. The summed E-state index contributed by atoms with van der Waals surface area (Å²) < 4.78 is 0. The first kappa shape index (κ1) is 15.3. The Hall–Kier alpha value is -3.07. The Morgan fingerprint density at radius 1 is 1.00 bits per heavy atom. The largest absolute Gasteiger partial charge is 0.329 e. The number of hydrogen-bond donors (Lipinski definition) is 1. The van der Waals surface area contributed by atoms with E-state index in [-0.39, 0.29) is 11.4 Å². The van der Waals surface area contributed by atoms with Gasteiger partial charge in [-0.05, 0) is 18.2 Å². The third-order valence-electron chi connectivity index (χ3n) is 2.94. The predicted octanol–water partition coefficient (Wildman–Crippen LogP) is 1.99. The summed E-state index contributed by atoms with van der Waals surface area (Å²) in [7, 11) is 0. The lowest BCUT2D eigenvalue weighted by Crippen LogP contribution is -2.25. The fourth-order valence-corrected chi connectivity index (χ4v) is 1.91. The monoisotopic (exact) mass is 303 g/mol. The number of nitrogens with zero attached hydrogens (tertiary/aromatic N) is 4. The molecule has 1 aromatic heterocycles. The van der Waals surface area contributed by atoms with Crippen LogP contribution >= 0.6 is 0 Å². The van der Waals surface area contributed by atoms with Crippen molar-refractivity contribution in [1.29, 1.82) is 0 Å². The van der Waals surface area contributed by atoms with Crippen molar-refractivity contribution < 1.29 is 9.85 Å². The first-order valence-corrected chi connectivity index (χ1v) is 6.35. The second-order valence-electron chi connectivity index (χ2n) is 4.35. The van der Waals surface area contributed by atoms with Crippen molar-refractivity contribution in [3.05, 3.63) is 62.8 Å². The predicted molar refractivity (Wildman–Crippen MR) is 80.0 cm³/mol. The van der Waals surface area contributed by atoms with Gasteiger partial charge in [-0.15, -0.1) is 0 Å². The Bertz CT molecular complexity index is 614. The number of anilines is 2. The Balaban J connectivity index is 2.32. The maximum absolute atomic E-state index is 10.7. The van der Waals surface area contributed by atoms with E-state index in [0.717, 1.165) is 6.20 Å². The molecule has 0 aliphatic heterocycles. The molecular weight excluding hydrogens is 290 g/mol. The molecule has 0 spiro atoms. The summed E-state index contributed by atoms with van der Waals surface area (Å²) in [6.07, 6.45) is 1.16. The molecular formula is C13H13N5O4. The van der Waals surface area contributed by atoms with E-state index in [1.165, 1.54) is 24.3 Å². The van der Waals surface area contributed by atoms with Gasteiger partial charge in [-0.25, -0.2) is 4.98 Å². The molecule has 0 atom stereocenters. The van der Waals surface area contributed by atoms with Crippen LogP contribution in [0.25, 0.3) is 0 Å². The number of benzene rings is 1. The summed E-state index contributed by atoms with van der Waals surface area (Å²) in [4.78, 5) is 26.1. The van der Waals surface area contributed by atoms with E-state index >= 15 is 0 Å². The van der Waals surface area contributed by atoms with Crippen LogP contribution < -0.4 is 10.6 Å². The first-order valence-electron chi connectivity index (χ1n) is 6.35. The molecule has 2 rings (SSSR count).